The summed E-state index contributed by atoms with van der Waals surface area (Å²) >= 11 is 7.69. The number of allylic oxidation sites excluding steroid dienone is 3. The number of aryl methyl sites for hydroxylation is 2. The number of halogens is 1. The van der Waals surface area contributed by atoms with Gasteiger partial charge in [-0.15, -0.1) is 11.3 Å². The molecule has 1 aliphatic carbocycles. The van der Waals surface area contributed by atoms with Crippen LogP contribution in [0.25, 0.3) is 21.3 Å². The Morgan fingerprint density at radius 1 is 1.21 bits per heavy atom. The molecule has 3 aromatic rings. The smallest absolute Gasteiger partial charge is 0.239 e. The van der Waals surface area contributed by atoms with Gasteiger partial charge in [0.25, 0.3) is 0 Å². The Labute approximate surface area is 209 Å². The van der Waals surface area contributed by atoms with E-state index < -0.39 is 15.3 Å². The number of piperazine rings is 1. The molecule has 9 heteroatoms. The third-order valence-electron chi connectivity index (χ3n) is 6.22. The largest absolute Gasteiger partial charge is 0.369 e. The van der Waals surface area contributed by atoms with Gasteiger partial charge in [0.05, 0.1) is 5.69 Å². The van der Waals surface area contributed by atoms with Gasteiger partial charge in [0.2, 0.25) is 10.0 Å². The Bertz CT molecular complexity index is 1410. The van der Waals surface area contributed by atoms with Crippen LogP contribution in [0.15, 0.2) is 53.6 Å². The molecule has 5 rings (SSSR count). The summed E-state index contributed by atoms with van der Waals surface area (Å²) in [6.07, 6.45) is 5.50. The molecule has 1 fully saturated rings. The minimum Gasteiger partial charge on any atom is -0.369 e. The SMILES string of the molecule is Cc1cc(NS(=O)(=O)C2C=C(Cl)C=CC2)c2c(-c3cccc(N4CCNCC4)c3)c(C)sc2n1. The van der Waals surface area contributed by atoms with Crippen LogP contribution in [0.4, 0.5) is 11.4 Å². The Hall–Kier alpha value is -2.39. The number of sulfonamides is 1. The maximum absolute atomic E-state index is 13.3. The van der Waals surface area contributed by atoms with Crippen LogP contribution in [0.1, 0.15) is 17.0 Å². The Morgan fingerprint density at radius 3 is 2.76 bits per heavy atom. The number of rotatable bonds is 5. The number of nitrogens with zero attached hydrogens (tertiary/aromatic N) is 2. The highest BCUT2D eigenvalue weighted by atomic mass is 35.5. The van der Waals surface area contributed by atoms with E-state index in [1.165, 1.54) is 5.69 Å². The number of aromatic nitrogens is 1. The van der Waals surface area contributed by atoms with Crippen LogP contribution in [0, 0.1) is 13.8 Å². The van der Waals surface area contributed by atoms with E-state index in [-0.39, 0.29) is 0 Å². The number of pyridine rings is 1. The second-order valence-electron chi connectivity index (χ2n) is 8.69. The highest BCUT2D eigenvalue weighted by Crippen LogP contribution is 2.43. The van der Waals surface area contributed by atoms with Gasteiger partial charge in [-0.3, -0.25) is 4.72 Å². The minimum absolute atomic E-state index is 0.390. The first-order valence-electron chi connectivity index (χ1n) is 11.3. The van der Waals surface area contributed by atoms with Crippen molar-refractivity contribution in [3.05, 3.63) is 64.2 Å². The van der Waals surface area contributed by atoms with E-state index in [4.69, 9.17) is 16.6 Å². The average molecular weight is 515 g/mol. The van der Waals surface area contributed by atoms with Gasteiger partial charge in [-0.1, -0.05) is 29.8 Å². The van der Waals surface area contributed by atoms with Gasteiger partial charge in [-0.25, -0.2) is 13.4 Å². The van der Waals surface area contributed by atoms with Gasteiger partial charge < -0.3 is 10.2 Å². The second kappa shape index (κ2) is 9.34. The highest BCUT2D eigenvalue weighted by molar-refractivity contribution is 7.93. The molecule has 1 atom stereocenters. The lowest BCUT2D eigenvalue weighted by Gasteiger charge is -2.29. The first kappa shape index (κ1) is 23.4. The lowest BCUT2D eigenvalue weighted by atomic mass is 10.0. The van der Waals surface area contributed by atoms with Gasteiger partial charge in [0.1, 0.15) is 10.1 Å². The molecule has 2 N–H and O–H groups in total. The van der Waals surface area contributed by atoms with Crippen molar-refractivity contribution in [3.8, 4) is 11.1 Å². The number of nitrogens with one attached hydrogen (secondary N) is 2. The van der Waals surface area contributed by atoms with Gasteiger partial charge >= 0.3 is 0 Å². The summed E-state index contributed by atoms with van der Waals surface area (Å²) in [5.74, 6) is 0. The molecule has 0 radical (unpaired) electrons. The summed E-state index contributed by atoms with van der Waals surface area (Å²) in [7, 11) is -3.69. The van der Waals surface area contributed by atoms with Crippen molar-refractivity contribution in [3.63, 3.8) is 0 Å². The third kappa shape index (κ3) is 4.60. The number of fused-ring (bicyclic) bond motifs is 1. The topological polar surface area (TPSA) is 74.3 Å². The Balaban J connectivity index is 1.60. The molecular weight excluding hydrogens is 488 g/mol. The Kier molecular flexibility index (Phi) is 6.41. The molecule has 1 saturated heterocycles. The van der Waals surface area contributed by atoms with Crippen LogP contribution in [-0.4, -0.2) is 44.8 Å². The lowest BCUT2D eigenvalue weighted by Crippen LogP contribution is -2.43. The minimum atomic E-state index is -3.69. The summed E-state index contributed by atoms with van der Waals surface area (Å²) in [5, 5.41) is 3.96. The van der Waals surface area contributed by atoms with Gasteiger partial charge in [-0.2, -0.15) is 0 Å². The molecule has 1 aliphatic heterocycles. The molecule has 1 unspecified atom stereocenters. The maximum atomic E-state index is 13.3. The molecule has 2 aromatic heterocycles. The van der Waals surface area contributed by atoms with Crippen LogP contribution in [0.2, 0.25) is 0 Å². The fourth-order valence-electron chi connectivity index (χ4n) is 4.60. The van der Waals surface area contributed by atoms with Crippen LogP contribution < -0.4 is 14.9 Å². The first-order valence-corrected chi connectivity index (χ1v) is 14.1. The molecule has 2 aliphatic rings. The van der Waals surface area contributed by atoms with Crippen molar-refractivity contribution in [2.45, 2.75) is 25.5 Å². The maximum Gasteiger partial charge on any atom is 0.239 e. The van der Waals surface area contributed by atoms with Crippen molar-refractivity contribution in [2.75, 3.05) is 35.8 Å². The lowest BCUT2D eigenvalue weighted by molar-refractivity contribution is 0.589. The molecule has 178 valence electrons. The van der Waals surface area contributed by atoms with Crippen molar-refractivity contribution in [1.82, 2.24) is 10.3 Å². The van der Waals surface area contributed by atoms with Gasteiger partial charge in [0, 0.05) is 58.4 Å². The van der Waals surface area contributed by atoms with E-state index >= 15 is 0 Å². The highest BCUT2D eigenvalue weighted by Gasteiger charge is 2.27. The number of hydrogen-bond donors (Lipinski definition) is 2. The summed E-state index contributed by atoms with van der Waals surface area (Å²) in [5.41, 5.74) is 4.60. The van der Waals surface area contributed by atoms with E-state index in [0.717, 1.165) is 58.1 Å². The molecule has 3 heterocycles. The zero-order chi connectivity index (χ0) is 23.9. The second-order valence-corrected chi connectivity index (χ2v) is 12.2. The molecule has 34 heavy (non-hydrogen) atoms. The normalized spacial score (nSPS) is 18.9. The van der Waals surface area contributed by atoms with Gasteiger partial charge in [-0.05, 0) is 56.2 Å². The van der Waals surface area contributed by atoms with Crippen LogP contribution >= 0.6 is 22.9 Å². The summed E-state index contributed by atoms with van der Waals surface area (Å²) in [6.45, 7) is 7.82. The third-order valence-corrected chi connectivity index (χ3v) is 9.11. The number of hydrogen-bond acceptors (Lipinski definition) is 6. The van der Waals surface area contributed by atoms with Crippen LogP contribution in [0.5, 0.6) is 0 Å². The standard InChI is InChI=1S/C25H27ClN4O2S2/c1-16-13-22(29-34(31,32)21-8-4-6-19(26)15-21)24-23(17(2)33-25(24)28-16)18-5-3-7-20(14-18)30-11-9-27-10-12-30/h3-7,13-15,21,27H,8-12H2,1-2H3,(H,28,29). The molecular formula is C25H27ClN4O2S2. The predicted octanol–water partition coefficient (Wildman–Crippen LogP) is 5.18. The summed E-state index contributed by atoms with van der Waals surface area (Å²) < 4.78 is 29.5. The monoisotopic (exact) mass is 514 g/mol. The van der Waals surface area contributed by atoms with E-state index in [9.17, 15) is 8.42 Å². The fraction of sp³-hybridized carbons (Fsp3) is 0.320. The molecule has 6 nitrogen and oxygen atoms in total. The molecule has 1 aromatic carbocycles. The van der Waals surface area contributed by atoms with Crippen molar-refractivity contribution >= 4 is 54.6 Å². The van der Waals surface area contributed by atoms with Crippen molar-refractivity contribution < 1.29 is 8.42 Å². The zero-order valence-corrected chi connectivity index (χ0v) is 21.5. The number of thiophene rings is 1. The number of benzene rings is 1. The quantitative estimate of drug-likeness (QED) is 0.490. The average Bonchev–Trinajstić information content (AvgIpc) is 3.15. The fourth-order valence-corrected chi connectivity index (χ4v) is 7.34. The number of anilines is 2. The van der Waals surface area contributed by atoms with E-state index in [2.05, 4.69) is 46.1 Å². The molecule has 0 bridgehead atoms. The summed E-state index contributed by atoms with van der Waals surface area (Å²) in [6, 6.07) is 10.3. The first-order chi connectivity index (χ1) is 16.3. The van der Waals surface area contributed by atoms with Crippen LogP contribution in [-0.2, 0) is 10.0 Å². The Morgan fingerprint density at radius 2 is 2.00 bits per heavy atom. The molecule has 0 amide bonds. The van der Waals surface area contributed by atoms with Crippen molar-refractivity contribution in [1.29, 1.82) is 0 Å². The van der Waals surface area contributed by atoms with E-state index in [0.29, 0.717) is 17.1 Å². The van der Waals surface area contributed by atoms with E-state index in [1.807, 2.05) is 13.0 Å². The van der Waals surface area contributed by atoms with Gasteiger partial charge in [0.15, 0.2) is 0 Å². The predicted molar refractivity (Wildman–Crippen MR) is 144 cm³/mol. The summed E-state index contributed by atoms with van der Waals surface area (Å²) in [4.78, 5) is 9.04. The van der Waals surface area contributed by atoms with Crippen molar-refractivity contribution in [2.24, 2.45) is 0 Å². The molecule has 0 saturated carbocycles. The zero-order valence-electron chi connectivity index (χ0n) is 19.1. The van der Waals surface area contributed by atoms with Crippen LogP contribution in [0.3, 0.4) is 0 Å². The van der Waals surface area contributed by atoms with E-state index in [1.54, 1.807) is 29.6 Å². The molecule has 0 spiro atoms.